The topological polar surface area (TPSA) is 58.1 Å². The summed E-state index contributed by atoms with van der Waals surface area (Å²) in [7, 11) is 0. The van der Waals surface area contributed by atoms with Gasteiger partial charge in [-0.3, -0.25) is 4.79 Å². The van der Waals surface area contributed by atoms with Gasteiger partial charge < -0.3 is 10.2 Å². The van der Waals surface area contributed by atoms with Gasteiger partial charge >= 0.3 is 0 Å². The summed E-state index contributed by atoms with van der Waals surface area (Å²) in [5.74, 6) is 1.17. The van der Waals surface area contributed by atoms with Crippen molar-refractivity contribution >= 4 is 35.1 Å². The van der Waals surface area contributed by atoms with Gasteiger partial charge in [0.2, 0.25) is 5.91 Å². The van der Waals surface area contributed by atoms with E-state index >= 15 is 0 Å². The molecule has 0 atom stereocenters. The van der Waals surface area contributed by atoms with Gasteiger partial charge in [-0.1, -0.05) is 23.4 Å². The predicted octanol–water partition coefficient (Wildman–Crippen LogP) is 2.35. The van der Waals surface area contributed by atoms with Crippen molar-refractivity contribution in [2.45, 2.75) is 37.9 Å². The molecule has 0 aromatic carbocycles. The summed E-state index contributed by atoms with van der Waals surface area (Å²) in [6, 6.07) is 2.14. The Labute approximate surface area is 128 Å². The molecular formula is C13H19ClN4OS. The Kier molecular flexibility index (Phi) is 5.48. The molecule has 1 amide bonds. The van der Waals surface area contributed by atoms with Crippen molar-refractivity contribution in [1.82, 2.24) is 15.3 Å². The molecule has 1 aromatic heterocycles. The molecule has 1 aromatic rings. The lowest BCUT2D eigenvalue weighted by Crippen LogP contribution is -2.27. The zero-order valence-electron chi connectivity index (χ0n) is 11.7. The van der Waals surface area contributed by atoms with E-state index in [9.17, 15) is 4.79 Å². The molecule has 1 aliphatic carbocycles. The molecule has 5 nitrogen and oxygen atoms in total. The normalized spacial score (nSPS) is 14.2. The summed E-state index contributed by atoms with van der Waals surface area (Å²) >= 11 is 7.35. The number of amides is 1. The van der Waals surface area contributed by atoms with Crippen LogP contribution in [0.1, 0.15) is 26.7 Å². The second kappa shape index (κ2) is 7.13. The van der Waals surface area contributed by atoms with Gasteiger partial charge in [0, 0.05) is 25.2 Å². The van der Waals surface area contributed by atoms with Gasteiger partial charge in [-0.25, -0.2) is 9.97 Å². The number of hydrogen-bond donors (Lipinski definition) is 1. The SMILES string of the molecule is CCN(CC)c1cc(Cl)nc(SCC(=O)NC2CC2)n1. The molecule has 0 spiro atoms. The van der Waals surface area contributed by atoms with Gasteiger partial charge in [-0.2, -0.15) is 0 Å². The van der Waals surface area contributed by atoms with Crippen LogP contribution in [0.4, 0.5) is 5.82 Å². The first-order valence-corrected chi connectivity index (χ1v) is 8.20. The highest BCUT2D eigenvalue weighted by Crippen LogP contribution is 2.22. The number of aromatic nitrogens is 2. The van der Waals surface area contributed by atoms with Crippen LogP contribution in [0.2, 0.25) is 5.15 Å². The number of carbonyl (C=O) groups excluding carboxylic acids is 1. The molecule has 7 heteroatoms. The molecule has 0 saturated heterocycles. The maximum Gasteiger partial charge on any atom is 0.230 e. The Morgan fingerprint density at radius 2 is 2.15 bits per heavy atom. The first-order valence-electron chi connectivity index (χ1n) is 6.84. The number of anilines is 1. The Hall–Kier alpha value is -1.01. The summed E-state index contributed by atoms with van der Waals surface area (Å²) in [6.45, 7) is 5.84. The molecule has 110 valence electrons. The Morgan fingerprint density at radius 1 is 1.45 bits per heavy atom. The quantitative estimate of drug-likeness (QED) is 0.475. The van der Waals surface area contributed by atoms with Crippen LogP contribution in [0.5, 0.6) is 0 Å². The van der Waals surface area contributed by atoms with E-state index in [-0.39, 0.29) is 5.91 Å². The maximum absolute atomic E-state index is 11.7. The maximum atomic E-state index is 11.7. The zero-order chi connectivity index (χ0) is 14.5. The van der Waals surface area contributed by atoms with Gasteiger partial charge in [0.25, 0.3) is 0 Å². The van der Waals surface area contributed by atoms with E-state index in [4.69, 9.17) is 11.6 Å². The zero-order valence-corrected chi connectivity index (χ0v) is 13.3. The average molecular weight is 315 g/mol. The van der Waals surface area contributed by atoms with Crippen LogP contribution < -0.4 is 10.2 Å². The van der Waals surface area contributed by atoms with E-state index in [2.05, 4.69) is 34.0 Å². The summed E-state index contributed by atoms with van der Waals surface area (Å²) in [5, 5.41) is 3.90. The number of hydrogen-bond acceptors (Lipinski definition) is 5. The van der Waals surface area contributed by atoms with E-state index in [1.54, 1.807) is 6.07 Å². The van der Waals surface area contributed by atoms with Gasteiger partial charge in [0.05, 0.1) is 5.75 Å². The number of nitrogens with one attached hydrogen (secondary N) is 1. The minimum absolute atomic E-state index is 0.0328. The van der Waals surface area contributed by atoms with Crippen LogP contribution in [0.15, 0.2) is 11.2 Å². The van der Waals surface area contributed by atoms with E-state index in [1.165, 1.54) is 11.8 Å². The predicted molar refractivity (Wildman–Crippen MR) is 82.5 cm³/mol. The molecule has 1 N–H and O–H groups in total. The Bertz CT molecular complexity index is 477. The highest BCUT2D eigenvalue weighted by Gasteiger charge is 2.23. The highest BCUT2D eigenvalue weighted by atomic mass is 35.5. The largest absolute Gasteiger partial charge is 0.357 e. The fourth-order valence-corrected chi connectivity index (χ4v) is 2.68. The van der Waals surface area contributed by atoms with Crippen molar-refractivity contribution in [3.05, 3.63) is 11.2 Å². The first kappa shape index (κ1) is 15.4. The van der Waals surface area contributed by atoms with Crippen molar-refractivity contribution in [3.63, 3.8) is 0 Å². The summed E-state index contributed by atoms with van der Waals surface area (Å²) in [6.07, 6.45) is 2.19. The molecule has 20 heavy (non-hydrogen) atoms. The van der Waals surface area contributed by atoms with Crippen molar-refractivity contribution < 1.29 is 4.79 Å². The Morgan fingerprint density at radius 3 is 2.75 bits per heavy atom. The van der Waals surface area contributed by atoms with Gasteiger partial charge in [-0.15, -0.1) is 0 Å². The van der Waals surface area contributed by atoms with Crippen molar-refractivity contribution in [2.24, 2.45) is 0 Å². The van der Waals surface area contributed by atoms with E-state index < -0.39 is 0 Å². The molecule has 0 unspecified atom stereocenters. The molecule has 1 saturated carbocycles. The number of carbonyl (C=O) groups is 1. The number of rotatable bonds is 7. The number of halogens is 1. The van der Waals surface area contributed by atoms with Crippen LogP contribution in [0.25, 0.3) is 0 Å². The van der Waals surface area contributed by atoms with Crippen LogP contribution >= 0.6 is 23.4 Å². The number of thioether (sulfide) groups is 1. The van der Waals surface area contributed by atoms with E-state index in [1.807, 2.05) is 0 Å². The second-order valence-electron chi connectivity index (χ2n) is 4.63. The average Bonchev–Trinajstić information content (AvgIpc) is 3.21. The van der Waals surface area contributed by atoms with Crippen LogP contribution in [-0.2, 0) is 4.79 Å². The van der Waals surface area contributed by atoms with Crippen molar-refractivity contribution in [3.8, 4) is 0 Å². The lowest BCUT2D eigenvalue weighted by Gasteiger charge is -2.20. The summed E-state index contributed by atoms with van der Waals surface area (Å²) in [5.41, 5.74) is 0. The molecule has 1 fully saturated rings. The van der Waals surface area contributed by atoms with Gasteiger partial charge in [0.1, 0.15) is 11.0 Å². The summed E-state index contributed by atoms with van der Waals surface area (Å²) < 4.78 is 0. The molecule has 1 heterocycles. The molecule has 0 radical (unpaired) electrons. The van der Waals surface area contributed by atoms with Gasteiger partial charge in [0.15, 0.2) is 5.16 Å². The minimum Gasteiger partial charge on any atom is -0.357 e. The minimum atomic E-state index is 0.0328. The second-order valence-corrected chi connectivity index (χ2v) is 5.96. The van der Waals surface area contributed by atoms with Crippen LogP contribution in [0, 0.1) is 0 Å². The van der Waals surface area contributed by atoms with Gasteiger partial charge in [-0.05, 0) is 26.7 Å². The standard InChI is InChI=1S/C13H19ClN4OS/c1-3-18(4-2)11-7-10(14)16-13(17-11)20-8-12(19)15-9-5-6-9/h7,9H,3-6,8H2,1-2H3,(H,15,19). The first-order chi connectivity index (χ1) is 9.62. The third kappa shape index (κ3) is 4.52. The number of nitrogens with zero attached hydrogens (tertiary/aromatic N) is 3. The molecule has 0 bridgehead atoms. The lowest BCUT2D eigenvalue weighted by molar-refractivity contribution is -0.118. The fraction of sp³-hybridized carbons (Fsp3) is 0.615. The van der Waals surface area contributed by atoms with E-state index in [0.717, 1.165) is 31.7 Å². The smallest absolute Gasteiger partial charge is 0.230 e. The van der Waals surface area contributed by atoms with E-state index in [0.29, 0.717) is 22.1 Å². The molecular weight excluding hydrogens is 296 g/mol. The third-order valence-corrected chi connectivity index (χ3v) is 4.06. The molecule has 0 aliphatic heterocycles. The lowest BCUT2D eigenvalue weighted by atomic mass is 10.4. The van der Waals surface area contributed by atoms with Crippen molar-refractivity contribution in [1.29, 1.82) is 0 Å². The Balaban J connectivity index is 1.97. The van der Waals surface area contributed by atoms with Crippen LogP contribution in [-0.4, -0.2) is 40.8 Å². The van der Waals surface area contributed by atoms with Crippen molar-refractivity contribution in [2.75, 3.05) is 23.7 Å². The summed E-state index contributed by atoms with van der Waals surface area (Å²) in [4.78, 5) is 22.4. The molecule has 1 aliphatic rings. The highest BCUT2D eigenvalue weighted by molar-refractivity contribution is 7.99. The molecule has 2 rings (SSSR count). The van der Waals surface area contributed by atoms with Crippen LogP contribution in [0.3, 0.4) is 0 Å². The fourth-order valence-electron chi connectivity index (χ4n) is 1.79. The monoisotopic (exact) mass is 314 g/mol. The third-order valence-electron chi connectivity index (χ3n) is 3.02.